The summed E-state index contributed by atoms with van der Waals surface area (Å²) in [5, 5.41) is 0. The summed E-state index contributed by atoms with van der Waals surface area (Å²) in [4.78, 5) is 2.74. The van der Waals surface area contributed by atoms with Gasteiger partial charge in [0.05, 0.1) is 4.90 Å². The SMILES string of the molecule is CN(Cc1cccc(S(=O)(=O)N(C)C)c1)C1CCC(c2ccccc2)CC1. The Morgan fingerprint density at radius 2 is 1.56 bits per heavy atom. The van der Waals surface area contributed by atoms with Crippen molar-refractivity contribution in [2.24, 2.45) is 0 Å². The molecule has 0 atom stereocenters. The van der Waals surface area contributed by atoms with Gasteiger partial charge in [0.15, 0.2) is 0 Å². The molecule has 0 saturated heterocycles. The molecule has 0 aromatic heterocycles. The molecule has 1 aliphatic carbocycles. The van der Waals surface area contributed by atoms with Crippen molar-refractivity contribution in [3.63, 3.8) is 0 Å². The highest BCUT2D eigenvalue weighted by Gasteiger charge is 2.25. The monoisotopic (exact) mass is 386 g/mol. The fourth-order valence-electron chi connectivity index (χ4n) is 4.01. The first kappa shape index (κ1) is 20.1. The van der Waals surface area contributed by atoms with Gasteiger partial charge in [-0.3, -0.25) is 4.90 Å². The molecule has 1 fully saturated rings. The Bertz CT molecular complexity index is 842. The minimum absolute atomic E-state index is 0.367. The van der Waals surface area contributed by atoms with Crippen LogP contribution in [0.4, 0.5) is 0 Å². The number of sulfonamides is 1. The lowest BCUT2D eigenvalue weighted by molar-refractivity contribution is 0.175. The van der Waals surface area contributed by atoms with Gasteiger partial charge in [-0.15, -0.1) is 0 Å². The second-order valence-electron chi connectivity index (χ2n) is 7.77. The predicted octanol–water partition coefficient (Wildman–Crippen LogP) is 4.10. The van der Waals surface area contributed by atoms with Crippen molar-refractivity contribution in [3.05, 3.63) is 65.7 Å². The molecule has 0 aliphatic heterocycles. The van der Waals surface area contributed by atoms with Crippen molar-refractivity contribution in [2.45, 2.75) is 49.1 Å². The van der Waals surface area contributed by atoms with E-state index >= 15 is 0 Å². The van der Waals surface area contributed by atoms with Gasteiger partial charge in [-0.05, 0) is 61.9 Å². The lowest BCUT2D eigenvalue weighted by Gasteiger charge is -2.35. The molecule has 146 valence electrons. The average Bonchev–Trinajstić information content (AvgIpc) is 2.69. The van der Waals surface area contributed by atoms with Gasteiger partial charge >= 0.3 is 0 Å². The maximum atomic E-state index is 12.4. The quantitative estimate of drug-likeness (QED) is 0.751. The minimum Gasteiger partial charge on any atom is -0.299 e. The molecule has 5 heteroatoms. The lowest BCUT2D eigenvalue weighted by Crippen LogP contribution is -2.34. The van der Waals surface area contributed by atoms with E-state index in [1.54, 1.807) is 26.2 Å². The number of hydrogen-bond donors (Lipinski definition) is 0. The zero-order chi connectivity index (χ0) is 19.4. The molecular weight excluding hydrogens is 356 g/mol. The van der Waals surface area contributed by atoms with Crippen LogP contribution in [-0.4, -0.2) is 44.8 Å². The maximum Gasteiger partial charge on any atom is 0.242 e. The van der Waals surface area contributed by atoms with Crippen molar-refractivity contribution in [1.82, 2.24) is 9.21 Å². The number of benzene rings is 2. The smallest absolute Gasteiger partial charge is 0.242 e. The highest BCUT2D eigenvalue weighted by molar-refractivity contribution is 7.89. The Balaban J connectivity index is 1.61. The van der Waals surface area contributed by atoms with E-state index < -0.39 is 10.0 Å². The normalized spacial score (nSPS) is 20.9. The van der Waals surface area contributed by atoms with Crippen LogP contribution in [0.25, 0.3) is 0 Å². The van der Waals surface area contributed by atoms with Crippen molar-refractivity contribution in [3.8, 4) is 0 Å². The summed E-state index contributed by atoms with van der Waals surface area (Å²) >= 11 is 0. The van der Waals surface area contributed by atoms with Crippen LogP contribution in [0.1, 0.15) is 42.7 Å². The van der Waals surface area contributed by atoms with E-state index in [2.05, 4.69) is 42.3 Å². The third-order valence-corrected chi connectivity index (χ3v) is 7.51. The number of rotatable bonds is 6. The fourth-order valence-corrected chi connectivity index (χ4v) is 4.98. The van der Waals surface area contributed by atoms with Crippen LogP contribution >= 0.6 is 0 Å². The van der Waals surface area contributed by atoms with Crippen LogP contribution in [0.5, 0.6) is 0 Å². The molecular formula is C22H30N2O2S. The molecule has 2 aromatic rings. The standard InChI is InChI=1S/C22H30N2O2S/c1-23(2)27(25,26)22-11-7-8-18(16-22)17-24(3)21-14-12-20(13-15-21)19-9-5-4-6-10-19/h4-11,16,20-21H,12-15,17H2,1-3H3. The highest BCUT2D eigenvalue weighted by atomic mass is 32.2. The molecule has 0 bridgehead atoms. The summed E-state index contributed by atoms with van der Waals surface area (Å²) in [6.45, 7) is 0.775. The summed E-state index contributed by atoms with van der Waals surface area (Å²) in [5.41, 5.74) is 2.51. The van der Waals surface area contributed by atoms with E-state index in [1.165, 1.54) is 35.6 Å². The molecule has 0 heterocycles. The fraction of sp³-hybridized carbons (Fsp3) is 0.455. The first-order valence-corrected chi connectivity index (χ1v) is 11.1. The van der Waals surface area contributed by atoms with Crippen LogP contribution < -0.4 is 0 Å². The van der Waals surface area contributed by atoms with Crippen LogP contribution in [0.15, 0.2) is 59.5 Å². The van der Waals surface area contributed by atoms with Gasteiger partial charge < -0.3 is 0 Å². The third kappa shape index (κ3) is 4.78. The van der Waals surface area contributed by atoms with E-state index in [-0.39, 0.29) is 0 Å². The van der Waals surface area contributed by atoms with Crippen molar-refractivity contribution < 1.29 is 8.42 Å². The zero-order valence-corrected chi connectivity index (χ0v) is 17.3. The van der Waals surface area contributed by atoms with Gasteiger partial charge in [-0.2, -0.15) is 0 Å². The molecule has 0 amide bonds. The lowest BCUT2D eigenvalue weighted by atomic mass is 9.81. The Labute approximate surface area is 163 Å². The van der Waals surface area contributed by atoms with Crippen LogP contribution in [0.3, 0.4) is 0 Å². The molecule has 1 saturated carbocycles. The van der Waals surface area contributed by atoms with E-state index in [1.807, 2.05) is 12.1 Å². The van der Waals surface area contributed by atoms with Crippen LogP contribution in [-0.2, 0) is 16.6 Å². The van der Waals surface area contributed by atoms with Gasteiger partial charge in [-0.25, -0.2) is 12.7 Å². The minimum atomic E-state index is -3.38. The predicted molar refractivity (Wildman–Crippen MR) is 110 cm³/mol. The largest absolute Gasteiger partial charge is 0.299 e. The molecule has 27 heavy (non-hydrogen) atoms. The van der Waals surface area contributed by atoms with Gasteiger partial charge in [0.2, 0.25) is 10.0 Å². The van der Waals surface area contributed by atoms with Crippen LogP contribution in [0.2, 0.25) is 0 Å². The molecule has 0 spiro atoms. The summed E-state index contributed by atoms with van der Waals surface area (Å²) in [5.74, 6) is 0.671. The second-order valence-corrected chi connectivity index (χ2v) is 9.92. The van der Waals surface area contributed by atoms with Crippen molar-refractivity contribution >= 4 is 10.0 Å². The summed E-state index contributed by atoms with van der Waals surface area (Å²) in [7, 11) is 1.91. The van der Waals surface area contributed by atoms with Crippen LogP contribution in [0, 0.1) is 0 Å². The van der Waals surface area contributed by atoms with Crippen molar-refractivity contribution in [2.75, 3.05) is 21.1 Å². The molecule has 3 rings (SSSR count). The maximum absolute atomic E-state index is 12.4. The Kier molecular flexibility index (Phi) is 6.35. The van der Waals surface area contributed by atoms with Gasteiger partial charge in [0.25, 0.3) is 0 Å². The molecule has 0 radical (unpaired) electrons. The topological polar surface area (TPSA) is 40.6 Å². The summed E-state index contributed by atoms with van der Waals surface area (Å²) in [6.07, 6.45) is 4.81. The molecule has 1 aliphatic rings. The summed E-state index contributed by atoms with van der Waals surface area (Å²) < 4.78 is 26.0. The van der Waals surface area contributed by atoms with Gasteiger partial charge in [0, 0.05) is 26.7 Å². The first-order chi connectivity index (χ1) is 12.9. The molecule has 0 N–H and O–H groups in total. The first-order valence-electron chi connectivity index (χ1n) is 9.64. The van der Waals surface area contributed by atoms with E-state index in [0.717, 1.165) is 12.1 Å². The second kappa shape index (κ2) is 8.55. The highest BCUT2D eigenvalue weighted by Crippen LogP contribution is 2.34. The van der Waals surface area contributed by atoms with E-state index in [9.17, 15) is 8.42 Å². The Morgan fingerprint density at radius 3 is 2.19 bits per heavy atom. The molecule has 0 unspecified atom stereocenters. The Hall–Kier alpha value is -1.69. The number of nitrogens with zero attached hydrogens (tertiary/aromatic N) is 2. The average molecular weight is 387 g/mol. The van der Waals surface area contributed by atoms with E-state index in [4.69, 9.17) is 0 Å². The summed E-state index contributed by atoms with van der Waals surface area (Å²) in [6, 6.07) is 18.7. The van der Waals surface area contributed by atoms with Gasteiger partial charge in [-0.1, -0.05) is 42.5 Å². The number of hydrogen-bond acceptors (Lipinski definition) is 3. The third-order valence-electron chi connectivity index (χ3n) is 5.70. The van der Waals surface area contributed by atoms with Crippen molar-refractivity contribution in [1.29, 1.82) is 0 Å². The molecule has 4 nitrogen and oxygen atoms in total. The van der Waals surface area contributed by atoms with E-state index in [0.29, 0.717) is 16.9 Å². The molecule has 2 aromatic carbocycles. The zero-order valence-electron chi connectivity index (χ0n) is 16.5. The van der Waals surface area contributed by atoms with Gasteiger partial charge in [0.1, 0.15) is 0 Å². The Morgan fingerprint density at radius 1 is 0.889 bits per heavy atom.